The Morgan fingerprint density at radius 1 is 0.427 bits per heavy atom. The van der Waals surface area contributed by atoms with Crippen molar-refractivity contribution in [1.29, 1.82) is 0 Å². The summed E-state index contributed by atoms with van der Waals surface area (Å²) in [6, 6.07) is -4.36. The van der Waals surface area contributed by atoms with Crippen molar-refractivity contribution in [3.8, 4) is 5.75 Å². The fourth-order valence-corrected chi connectivity index (χ4v) is 8.51. The molecule has 35 nitrogen and oxygen atoms in total. The third kappa shape index (κ3) is 29.6. The lowest BCUT2D eigenvalue weighted by atomic mass is 9.96. The molecule has 2 aromatic rings. The van der Waals surface area contributed by atoms with Crippen LogP contribution in [-0.4, -0.2) is 189 Å². The van der Waals surface area contributed by atoms with Crippen LogP contribution in [0.1, 0.15) is 102 Å². The third-order valence-corrected chi connectivity index (χ3v) is 13.5. The van der Waals surface area contributed by atoms with Gasteiger partial charge >= 0.3 is 49.6 Å². The number of phosphoric ester groups is 1. The van der Waals surface area contributed by atoms with Crippen LogP contribution < -0.4 is 52.8 Å². The third-order valence-electron chi connectivity index (χ3n) is 13.0. The van der Waals surface area contributed by atoms with Crippen molar-refractivity contribution in [1.82, 2.24) is 42.5 Å². The molecule has 2 aromatic carbocycles. The highest BCUT2D eigenvalue weighted by Crippen LogP contribution is 2.37. The van der Waals surface area contributed by atoms with Crippen molar-refractivity contribution in [3.05, 3.63) is 65.7 Å². The molecule has 0 saturated heterocycles. The highest BCUT2D eigenvalue weighted by Gasteiger charge is 2.37. The van der Waals surface area contributed by atoms with E-state index in [1.807, 2.05) is 5.32 Å². The van der Waals surface area contributed by atoms with Crippen molar-refractivity contribution in [2.45, 2.75) is 158 Å². The number of nitrogens with one attached hydrogen (secondary N) is 8. The van der Waals surface area contributed by atoms with Gasteiger partial charge in [-0.05, 0) is 61.3 Å². The molecule has 0 heterocycles. The molecule has 8 amide bonds. The Morgan fingerprint density at radius 2 is 0.753 bits per heavy atom. The number of carboxylic acids is 7. The van der Waals surface area contributed by atoms with E-state index in [0.29, 0.717) is 5.56 Å². The van der Waals surface area contributed by atoms with Crippen LogP contribution in [0.4, 0.5) is 0 Å². The number of hydrogen-bond donors (Lipinski definition) is 18. The first-order valence-corrected chi connectivity index (χ1v) is 28.7. The lowest BCUT2D eigenvalue weighted by Gasteiger charge is -2.30. The van der Waals surface area contributed by atoms with Crippen molar-refractivity contribution in [3.63, 3.8) is 0 Å². The summed E-state index contributed by atoms with van der Waals surface area (Å²) in [4.78, 5) is 212. The zero-order valence-electron chi connectivity index (χ0n) is 47.9. The van der Waals surface area contributed by atoms with Gasteiger partial charge in [-0.1, -0.05) is 62.7 Å². The van der Waals surface area contributed by atoms with Crippen molar-refractivity contribution in [2.75, 3.05) is 0 Å². The summed E-state index contributed by atoms with van der Waals surface area (Å²) >= 11 is 0. The van der Waals surface area contributed by atoms with E-state index in [0.717, 1.165) is 12.1 Å². The van der Waals surface area contributed by atoms with E-state index >= 15 is 0 Å². The molecule has 0 spiro atoms. The van der Waals surface area contributed by atoms with Crippen LogP contribution in [0, 0.1) is 5.92 Å². The molecule has 490 valence electrons. The number of benzene rings is 2. The standard InChI is InChI=1S/C53H72N9O26P/c1-3-26(2)44(62-49(79)34(17-22-42(71)72)57-46(76)31(14-19-39(65)66)55-45(75)30(54)13-18-38(63)64)52(82)60-36(24-28-9-11-29(12-10-28)88-89(85,86)87)50(80)58-32(15-20-40(67)68)47(77)56-33(16-21-41(69)70)48(78)59-35(23-27-7-5-4-6-8-27)51(81)61-37(53(83)84)25-43(73)74/h4-12,26,30-37,44H,3,13-25,54H2,1-2H3,(H,55,75)(H,56,77)(H,57,76)(H,58,80)(H,59,78)(H,60,82)(H,61,81)(H,62,79)(H,63,64)(H,65,66)(H,67,68)(H,69,70)(H,71,72)(H,73,74)(H,83,84)(H2,85,86,87)/t26-,30-,31-,32-,33-,34-,35-,36-,37-,44-/m0/s1. The van der Waals surface area contributed by atoms with E-state index in [1.54, 1.807) is 13.0 Å². The molecule has 10 atom stereocenters. The topological polar surface area (TPSA) is 587 Å². The second-order valence-electron chi connectivity index (χ2n) is 20.1. The van der Waals surface area contributed by atoms with Gasteiger partial charge in [-0.15, -0.1) is 0 Å². The maximum Gasteiger partial charge on any atom is 0.524 e. The molecule has 0 fully saturated rings. The number of rotatable bonds is 42. The Hall–Kier alpha value is -9.60. The first kappa shape index (κ1) is 75.5. The van der Waals surface area contributed by atoms with E-state index in [2.05, 4.69) is 41.7 Å². The van der Waals surface area contributed by atoms with Gasteiger partial charge in [0.05, 0.1) is 12.5 Å². The molecule has 0 radical (unpaired) electrons. The number of phosphoric acid groups is 1. The molecule has 0 bridgehead atoms. The molecule has 0 aliphatic carbocycles. The molecule has 0 saturated carbocycles. The number of nitrogens with two attached hydrogens (primary N) is 1. The maximum atomic E-state index is 14.6. The molecule has 2 rings (SSSR count). The monoisotopic (exact) mass is 1280 g/mol. The average Bonchev–Trinajstić information content (AvgIpc) is 3.65. The van der Waals surface area contributed by atoms with Gasteiger partial charge in [0.25, 0.3) is 0 Å². The van der Waals surface area contributed by atoms with Gasteiger partial charge in [-0.25, -0.2) is 9.36 Å². The second-order valence-corrected chi connectivity index (χ2v) is 21.3. The van der Waals surface area contributed by atoms with Gasteiger partial charge in [0.1, 0.15) is 54.1 Å². The molecule has 36 heteroatoms. The van der Waals surface area contributed by atoms with Crippen LogP contribution >= 0.6 is 7.82 Å². The Morgan fingerprint density at radius 3 is 1.11 bits per heavy atom. The summed E-state index contributed by atoms with van der Waals surface area (Å²) < 4.78 is 16.1. The summed E-state index contributed by atoms with van der Waals surface area (Å²) in [6.07, 6.45) is -9.21. The normalized spacial score (nSPS) is 14.4. The van der Waals surface area contributed by atoms with Crippen LogP contribution in [0.3, 0.4) is 0 Å². The number of amides is 8. The van der Waals surface area contributed by atoms with Crippen LogP contribution in [0.25, 0.3) is 0 Å². The summed E-state index contributed by atoms with van der Waals surface area (Å²) in [5.41, 5.74) is 6.21. The first-order chi connectivity index (χ1) is 41.6. The lowest BCUT2D eigenvalue weighted by Crippen LogP contribution is -2.61. The smallest absolute Gasteiger partial charge is 0.481 e. The van der Waals surface area contributed by atoms with Gasteiger partial charge in [0.2, 0.25) is 47.3 Å². The van der Waals surface area contributed by atoms with E-state index in [9.17, 15) is 117 Å². The molecule has 0 aliphatic rings. The fourth-order valence-electron chi connectivity index (χ4n) is 8.12. The Balaban J connectivity index is 2.69. The molecule has 0 aliphatic heterocycles. The minimum absolute atomic E-state index is 0.0626. The quantitative estimate of drug-likeness (QED) is 0.0296. The van der Waals surface area contributed by atoms with Crippen LogP contribution in [0.15, 0.2) is 54.6 Å². The van der Waals surface area contributed by atoms with E-state index in [-0.39, 0.29) is 17.7 Å². The van der Waals surface area contributed by atoms with Gasteiger partial charge in [-0.3, -0.25) is 76.9 Å². The fraction of sp³-hybridized carbons (Fsp3) is 0.491. The number of carbonyl (C=O) groups excluding carboxylic acids is 8. The van der Waals surface area contributed by atoms with Crippen LogP contribution in [0.5, 0.6) is 5.75 Å². The summed E-state index contributed by atoms with van der Waals surface area (Å²) in [5, 5.41) is 84.1. The van der Waals surface area contributed by atoms with E-state index < -0.39 is 241 Å². The SMILES string of the molecule is CC[C@H](C)[C@H](NC(=O)[C@H](CCC(=O)O)NC(=O)[C@H](CCC(=O)O)NC(=O)[C@@H](N)CCC(=O)O)C(=O)N[C@@H](Cc1ccc(OP(=O)(O)O)cc1)C(=O)N[C@@H](CCC(=O)O)C(=O)N[C@@H](CCC(=O)O)C(=O)N[C@@H](Cc1ccccc1)C(=O)N[C@@H](CC(=O)O)C(=O)O. The minimum Gasteiger partial charge on any atom is -0.481 e. The number of carboxylic acid groups (broad SMARTS) is 7. The van der Waals surface area contributed by atoms with Gasteiger partial charge in [0.15, 0.2) is 0 Å². The highest BCUT2D eigenvalue weighted by atomic mass is 31.2. The largest absolute Gasteiger partial charge is 0.524 e. The van der Waals surface area contributed by atoms with Crippen molar-refractivity contribution >= 4 is 96.9 Å². The lowest BCUT2D eigenvalue weighted by molar-refractivity contribution is -0.147. The number of hydrogen-bond acceptors (Lipinski definition) is 18. The van der Waals surface area contributed by atoms with Crippen LogP contribution in [0.2, 0.25) is 0 Å². The second kappa shape index (κ2) is 37.2. The Labute approximate surface area is 505 Å². The van der Waals surface area contributed by atoms with Crippen molar-refractivity contribution < 1.29 is 127 Å². The Bertz CT molecular complexity index is 2930. The average molecular weight is 1280 g/mol. The molecule has 19 N–H and O–H groups in total. The summed E-state index contributed by atoms with van der Waals surface area (Å²) in [5.74, 6) is -22.0. The maximum absolute atomic E-state index is 14.6. The Kier molecular flexibility index (Phi) is 31.5. The van der Waals surface area contributed by atoms with Gasteiger partial charge in [0, 0.05) is 44.9 Å². The summed E-state index contributed by atoms with van der Waals surface area (Å²) in [7, 11) is -5.11. The highest BCUT2D eigenvalue weighted by molar-refractivity contribution is 7.46. The molecular formula is C53H72N9O26P. The van der Waals surface area contributed by atoms with Gasteiger partial charge in [-0.2, -0.15) is 0 Å². The molecule has 89 heavy (non-hydrogen) atoms. The minimum atomic E-state index is -5.11. The zero-order chi connectivity index (χ0) is 67.3. The first-order valence-electron chi connectivity index (χ1n) is 27.2. The van der Waals surface area contributed by atoms with Crippen molar-refractivity contribution in [2.24, 2.45) is 11.7 Å². The predicted octanol–water partition coefficient (Wildman–Crippen LogP) is -2.92. The summed E-state index contributed by atoms with van der Waals surface area (Å²) in [6.45, 7) is 2.98. The zero-order valence-corrected chi connectivity index (χ0v) is 48.8. The van der Waals surface area contributed by atoms with E-state index in [1.165, 1.54) is 43.3 Å². The molecule has 0 unspecified atom stereocenters. The van der Waals surface area contributed by atoms with Crippen LogP contribution in [-0.2, 0) is 89.3 Å². The predicted molar refractivity (Wildman–Crippen MR) is 300 cm³/mol. The van der Waals surface area contributed by atoms with Gasteiger partial charge < -0.3 is 88.5 Å². The molecular weight excluding hydrogens is 1210 g/mol. The van der Waals surface area contributed by atoms with E-state index in [4.69, 9.17) is 10.8 Å². The molecule has 0 aromatic heterocycles. The number of aliphatic carboxylic acids is 7. The number of carbonyl (C=O) groups is 15.